The molecule has 0 aliphatic carbocycles. The molecule has 0 bridgehead atoms. The molecule has 0 saturated heterocycles. The molecule has 0 spiro atoms. The SMILES string of the molecule is CCOC(=O)C(=C(/O)OCC)/C(N)=N\N=C\c1ccc(O)c(OCC)c1. The lowest BCUT2D eigenvalue weighted by molar-refractivity contribution is -0.138. The van der Waals surface area contributed by atoms with E-state index in [2.05, 4.69) is 10.2 Å². The van der Waals surface area contributed by atoms with Crippen LogP contribution < -0.4 is 10.5 Å². The van der Waals surface area contributed by atoms with Crippen molar-refractivity contribution in [2.24, 2.45) is 15.9 Å². The number of esters is 1. The molecule has 1 rings (SSSR count). The van der Waals surface area contributed by atoms with E-state index in [1.807, 2.05) is 0 Å². The fourth-order valence-corrected chi connectivity index (χ4v) is 1.80. The van der Waals surface area contributed by atoms with Gasteiger partial charge in [-0.05, 0) is 44.5 Å². The lowest BCUT2D eigenvalue weighted by Gasteiger charge is -2.08. The van der Waals surface area contributed by atoms with Crippen LogP contribution in [0.1, 0.15) is 26.3 Å². The topological polar surface area (TPSA) is 136 Å². The number of nitrogens with zero attached hydrogens (tertiary/aromatic N) is 2. The second kappa shape index (κ2) is 10.6. The minimum Gasteiger partial charge on any atom is -0.504 e. The van der Waals surface area contributed by atoms with Crippen molar-refractivity contribution < 1.29 is 29.2 Å². The second-order valence-electron chi connectivity index (χ2n) is 4.72. The number of amidine groups is 1. The Morgan fingerprint density at radius 3 is 2.50 bits per heavy atom. The molecule has 0 heterocycles. The summed E-state index contributed by atoms with van der Waals surface area (Å²) >= 11 is 0. The van der Waals surface area contributed by atoms with Crippen LogP contribution in [0, 0.1) is 0 Å². The molecule has 9 nitrogen and oxygen atoms in total. The van der Waals surface area contributed by atoms with Crippen LogP contribution in [0.3, 0.4) is 0 Å². The summed E-state index contributed by atoms with van der Waals surface area (Å²) in [5.41, 5.74) is 5.89. The van der Waals surface area contributed by atoms with Gasteiger partial charge in [0.15, 0.2) is 22.9 Å². The number of phenols is 1. The van der Waals surface area contributed by atoms with Crippen molar-refractivity contribution >= 4 is 18.0 Å². The number of aromatic hydroxyl groups is 1. The average molecular weight is 365 g/mol. The van der Waals surface area contributed by atoms with Crippen LogP contribution in [0.15, 0.2) is 39.9 Å². The Morgan fingerprint density at radius 2 is 1.88 bits per heavy atom. The van der Waals surface area contributed by atoms with E-state index in [-0.39, 0.29) is 24.8 Å². The first-order valence-electron chi connectivity index (χ1n) is 8.00. The zero-order valence-electron chi connectivity index (χ0n) is 14.9. The van der Waals surface area contributed by atoms with Gasteiger partial charge in [-0.1, -0.05) is 0 Å². The normalized spacial score (nSPS) is 12.7. The highest BCUT2D eigenvalue weighted by molar-refractivity contribution is 6.18. The number of hydrogen-bond acceptors (Lipinski definition) is 8. The average Bonchev–Trinajstić information content (AvgIpc) is 2.58. The molecular formula is C17H23N3O6. The molecule has 0 radical (unpaired) electrons. The third-order valence-corrected chi connectivity index (χ3v) is 2.89. The van der Waals surface area contributed by atoms with E-state index in [0.29, 0.717) is 17.9 Å². The molecular weight excluding hydrogens is 342 g/mol. The molecule has 0 atom stereocenters. The van der Waals surface area contributed by atoms with Gasteiger partial charge in [-0.25, -0.2) is 4.79 Å². The van der Waals surface area contributed by atoms with Gasteiger partial charge in [0, 0.05) is 0 Å². The molecule has 1 aromatic carbocycles. The number of benzene rings is 1. The van der Waals surface area contributed by atoms with E-state index in [0.717, 1.165) is 0 Å². The molecule has 4 N–H and O–H groups in total. The van der Waals surface area contributed by atoms with E-state index in [9.17, 15) is 15.0 Å². The van der Waals surface area contributed by atoms with Gasteiger partial charge in [0.05, 0.1) is 26.0 Å². The summed E-state index contributed by atoms with van der Waals surface area (Å²) in [7, 11) is 0. The molecule has 1 aromatic rings. The number of carbonyl (C=O) groups is 1. The number of aliphatic hydroxyl groups is 1. The Hall–Kier alpha value is -3.23. The van der Waals surface area contributed by atoms with Crippen LogP contribution in [-0.2, 0) is 14.3 Å². The largest absolute Gasteiger partial charge is 0.504 e. The molecule has 0 aliphatic heterocycles. The summed E-state index contributed by atoms with van der Waals surface area (Å²) < 4.78 is 15.0. The van der Waals surface area contributed by atoms with Crippen molar-refractivity contribution in [2.75, 3.05) is 19.8 Å². The first-order valence-corrected chi connectivity index (χ1v) is 8.00. The van der Waals surface area contributed by atoms with E-state index < -0.39 is 17.5 Å². The molecule has 0 saturated carbocycles. The van der Waals surface area contributed by atoms with Crippen molar-refractivity contribution in [1.29, 1.82) is 0 Å². The van der Waals surface area contributed by atoms with Gasteiger partial charge >= 0.3 is 5.97 Å². The van der Waals surface area contributed by atoms with Gasteiger partial charge in [-0.3, -0.25) is 0 Å². The van der Waals surface area contributed by atoms with Crippen LogP contribution in [0.2, 0.25) is 0 Å². The monoisotopic (exact) mass is 365 g/mol. The van der Waals surface area contributed by atoms with Crippen molar-refractivity contribution in [3.05, 3.63) is 35.3 Å². The van der Waals surface area contributed by atoms with Crippen LogP contribution in [0.25, 0.3) is 0 Å². The highest BCUT2D eigenvalue weighted by Crippen LogP contribution is 2.26. The fourth-order valence-electron chi connectivity index (χ4n) is 1.80. The second-order valence-corrected chi connectivity index (χ2v) is 4.72. The molecule has 0 fully saturated rings. The minimum atomic E-state index is -0.877. The Balaban J connectivity index is 3.06. The van der Waals surface area contributed by atoms with Gasteiger partial charge in [0.2, 0.25) is 0 Å². The number of ether oxygens (including phenoxy) is 3. The first kappa shape index (κ1) is 20.8. The van der Waals surface area contributed by atoms with Crippen molar-refractivity contribution in [1.82, 2.24) is 0 Å². The molecule has 9 heteroatoms. The number of phenolic OH excluding ortho intramolecular Hbond substituents is 1. The van der Waals surface area contributed by atoms with Crippen molar-refractivity contribution in [3.8, 4) is 11.5 Å². The van der Waals surface area contributed by atoms with Crippen LogP contribution >= 0.6 is 0 Å². The molecule has 26 heavy (non-hydrogen) atoms. The molecule has 0 aliphatic rings. The van der Waals surface area contributed by atoms with Gasteiger partial charge in [-0.15, -0.1) is 5.10 Å². The highest BCUT2D eigenvalue weighted by Gasteiger charge is 2.22. The van der Waals surface area contributed by atoms with E-state index in [4.69, 9.17) is 19.9 Å². The van der Waals surface area contributed by atoms with Gasteiger partial charge in [0.25, 0.3) is 5.95 Å². The molecule has 142 valence electrons. The highest BCUT2D eigenvalue weighted by atomic mass is 16.6. The third kappa shape index (κ3) is 6.00. The van der Waals surface area contributed by atoms with Gasteiger partial charge < -0.3 is 30.2 Å². The lowest BCUT2D eigenvalue weighted by Crippen LogP contribution is -2.25. The predicted octanol–water partition coefficient (Wildman–Crippen LogP) is 1.85. The quantitative estimate of drug-likeness (QED) is 0.152. The maximum Gasteiger partial charge on any atom is 0.349 e. The zero-order chi connectivity index (χ0) is 19.5. The summed E-state index contributed by atoms with van der Waals surface area (Å²) in [4.78, 5) is 11.9. The fraction of sp³-hybridized carbons (Fsp3) is 0.353. The Kier molecular flexibility index (Phi) is 8.48. The van der Waals surface area contributed by atoms with Crippen LogP contribution in [-0.4, -0.2) is 48.1 Å². The third-order valence-electron chi connectivity index (χ3n) is 2.89. The number of rotatable bonds is 9. The molecule has 0 unspecified atom stereocenters. The Morgan fingerprint density at radius 1 is 1.19 bits per heavy atom. The Bertz CT molecular complexity index is 712. The lowest BCUT2D eigenvalue weighted by atomic mass is 10.2. The number of carbonyl (C=O) groups excluding carboxylic acids is 1. The van der Waals surface area contributed by atoms with Crippen molar-refractivity contribution in [2.45, 2.75) is 20.8 Å². The zero-order valence-corrected chi connectivity index (χ0v) is 14.9. The summed E-state index contributed by atoms with van der Waals surface area (Å²) in [6.45, 7) is 5.64. The van der Waals surface area contributed by atoms with Gasteiger partial charge in [0.1, 0.15) is 0 Å². The van der Waals surface area contributed by atoms with Crippen LogP contribution in [0.4, 0.5) is 0 Å². The summed E-state index contributed by atoms with van der Waals surface area (Å²) in [5, 5.41) is 26.9. The standard InChI is InChI=1S/C17H23N3O6/c1-4-24-13-9-11(7-8-12(13)21)10-19-20-15(18)14(16(22)25-5-2)17(23)26-6-3/h7-10,21-22H,4-6H2,1-3H3,(H2,18,20)/b16-14-,19-10+. The smallest absolute Gasteiger partial charge is 0.349 e. The number of nitrogens with two attached hydrogens (primary N) is 1. The number of hydrogen-bond donors (Lipinski definition) is 3. The van der Waals surface area contributed by atoms with E-state index in [1.54, 1.807) is 32.9 Å². The van der Waals surface area contributed by atoms with Crippen molar-refractivity contribution in [3.63, 3.8) is 0 Å². The maximum atomic E-state index is 11.9. The first-order chi connectivity index (χ1) is 12.4. The van der Waals surface area contributed by atoms with Gasteiger partial charge in [-0.2, -0.15) is 5.10 Å². The predicted molar refractivity (Wildman–Crippen MR) is 96.4 cm³/mol. The Labute approximate surface area is 151 Å². The summed E-state index contributed by atoms with van der Waals surface area (Å²) in [6.07, 6.45) is 1.34. The molecule has 0 aromatic heterocycles. The number of aliphatic hydroxyl groups excluding tert-OH is 1. The van der Waals surface area contributed by atoms with E-state index >= 15 is 0 Å². The van der Waals surface area contributed by atoms with Crippen LogP contribution in [0.5, 0.6) is 11.5 Å². The summed E-state index contributed by atoms with van der Waals surface area (Å²) in [6, 6.07) is 4.60. The minimum absolute atomic E-state index is 0.00109. The maximum absolute atomic E-state index is 11.9. The van der Waals surface area contributed by atoms with E-state index in [1.165, 1.54) is 12.3 Å². The molecule has 0 amide bonds. The summed E-state index contributed by atoms with van der Waals surface area (Å²) in [5.74, 6) is -1.63.